The summed E-state index contributed by atoms with van der Waals surface area (Å²) in [5.41, 5.74) is 6.76. The summed E-state index contributed by atoms with van der Waals surface area (Å²) in [7, 11) is 0. The second-order valence-corrected chi connectivity index (χ2v) is 4.66. The van der Waals surface area contributed by atoms with Gasteiger partial charge in [-0.1, -0.05) is 29.9 Å². The first-order valence-electron chi connectivity index (χ1n) is 5.29. The van der Waals surface area contributed by atoms with E-state index in [1.54, 1.807) is 18.2 Å². The smallest absolute Gasteiger partial charge is 0.128 e. The minimum Gasteiger partial charge on any atom is -0.389 e. The molecule has 0 aliphatic heterocycles. The van der Waals surface area contributed by atoms with Gasteiger partial charge >= 0.3 is 0 Å². The second kappa shape index (κ2) is 5.50. The predicted octanol–water partition coefficient (Wildman–Crippen LogP) is 4.00. The molecule has 0 saturated carbocycles. The number of benzene rings is 2. The van der Waals surface area contributed by atoms with Crippen LogP contribution in [0, 0.1) is 11.6 Å². The second-order valence-electron chi connectivity index (χ2n) is 3.81. The number of nitrogens with two attached hydrogens (primary N) is 1. The highest BCUT2D eigenvalue weighted by molar-refractivity contribution is 7.80. The van der Waals surface area contributed by atoms with Crippen molar-refractivity contribution in [3.05, 3.63) is 58.6 Å². The van der Waals surface area contributed by atoms with Crippen molar-refractivity contribution >= 4 is 40.2 Å². The maximum absolute atomic E-state index is 13.1. The summed E-state index contributed by atoms with van der Waals surface area (Å²) in [5.74, 6) is -1.36. The Kier molecular flexibility index (Phi) is 3.97. The molecule has 0 radical (unpaired) electrons. The predicted molar refractivity (Wildman–Crippen MR) is 77.0 cm³/mol. The molecule has 2 rings (SSSR count). The average molecular weight is 299 g/mol. The van der Waals surface area contributed by atoms with Gasteiger partial charge in [0.2, 0.25) is 0 Å². The summed E-state index contributed by atoms with van der Waals surface area (Å²) in [5, 5.41) is 3.21. The van der Waals surface area contributed by atoms with Crippen LogP contribution in [-0.4, -0.2) is 4.99 Å². The van der Waals surface area contributed by atoms with Crippen molar-refractivity contribution in [2.45, 2.75) is 0 Å². The molecule has 19 heavy (non-hydrogen) atoms. The Hall–Kier alpha value is -1.72. The van der Waals surface area contributed by atoms with E-state index in [0.717, 1.165) is 18.2 Å². The van der Waals surface area contributed by atoms with E-state index in [1.165, 1.54) is 0 Å². The molecule has 0 unspecified atom stereocenters. The van der Waals surface area contributed by atoms with E-state index in [-0.39, 0.29) is 10.7 Å². The van der Waals surface area contributed by atoms with Crippen LogP contribution >= 0.6 is 23.8 Å². The van der Waals surface area contributed by atoms with Gasteiger partial charge < -0.3 is 11.1 Å². The largest absolute Gasteiger partial charge is 0.389 e. The monoisotopic (exact) mass is 298 g/mol. The molecule has 0 heterocycles. The minimum absolute atomic E-state index is 0.102. The SMILES string of the molecule is NC(=S)c1c(Cl)cccc1Nc1cc(F)cc(F)c1. The highest BCUT2D eigenvalue weighted by atomic mass is 35.5. The lowest BCUT2D eigenvalue weighted by Crippen LogP contribution is -2.12. The lowest BCUT2D eigenvalue weighted by Gasteiger charge is -2.12. The van der Waals surface area contributed by atoms with Gasteiger partial charge in [-0.05, 0) is 24.3 Å². The van der Waals surface area contributed by atoms with E-state index in [2.05, 4.69) is 5.32 Å². The highest BCUT2D eigenvalue weighted by Crippen LogP contribution is 2.27. The van der Waals surface area contributed by atoms with Crippen LogP contribution in [0.25, 0.3) is 0 Å². The zero-order valence-electron chi connectivity index (χ0n) is 9.58. The van der Waals surface area contributed by atoms with E-state index in [0.29, 0.717) is 16.3 Å². The molecule has 2 aromatic carbocycles. The Labute approximate surface area is 119 Å². The molecule has 0 spiro atoms. The molecule has 2 aromatic rings. The number of hydrogen-bond acceptors (Lipinski definition) is 2. The molecule has 6 heteroatoms. The molecule has 0 aliphatic carbocycles. The lowest BCUT2D eigenvalue weighted by atomic mass is 10.1. The number of nitrogens with one attached hydrogen (secondary N) is 1. The van der Waals surface area contributed by atoms with Crippen LogP contribution in [0.5, 0.6) is 0 Å². The Morgan fingerprint density at radius 2 is 1.79 bits per heavy atom. The molecule has 0 amide bonds. The van der Waals surface area contributed by atoms with Crippen molar-refractivity contribution in [1.82, 2.24) is 0 Å². The minimum atomic E-state index is -0.679. The van der Waals surface area contributed by atoms with Crippen LogP contribution < -0.4 is 11.1 Å². The zero-order valence-corrected chi connectivity index (χ0v) is 11.2. The van der Waals surface area contributed by atoms with Gasteiger partial charge in [0.15, 0.2) is 0 Å². The number of thiocarbonyl (C=S) groups is 1. The number of anilines is 2. The van der Waals surface area contributed by atoms with Gasteiger partial charge in [0.05, 0.1) is 16.3 Å². The Balaban J connectivity index is 2.43. The summed E-state index contributed by atoms with van der Waals surface area (Å²) in [4.78, 5) is 0.102. The van der Waals surface area contributed by atoms with E-state index < -0.39 is 11.6 Å². The topological polar surface area (TPSA) is 38.0 Å². The summed E-state index contributed by atoms with van der Waals surface area (Å²) < 4.78 is 26.2. The molecule has 0 aliphatic rings. The fraction of sp³-hybridized carbons (Fsp3) is 0. The molecule has 0 fully saturated rings. The normalized spacial score (nSPS) is 10.3. The lowest BCUT2D eigenvalue weighted by molar-refractivity contribution is 0.584. The van der Waals surface area contributed by atoms with Crippen LogP contribution in [0.1, 0.15) is 5.56 Å². The molecule has 0 saturated heterocycles. The molecular weight excluding hydrogens is 290 g/mol. The third kappa shape index (κ3) is 3.19. The molecule has 0 aromatic heterocycles. The molecule has 98 valence electrons. The highest BCUT2D eigenvalue weighted by Gasteiger charge is 2.10. The quantitative estimate of drug-likeness (QED) is 0.841. The summed E-state index contributed by atoms with van der Waals surface area (Å²) >= 11 is 10.9. The number of hydrogen-bond donors (Lipinski definition) is 2. The van der Waals surface area contributed by atoms with Gasteiger partial charge in [0.25, 0.3) is 0 Å². The fourth-order valence-electron chi connectivity index (χ4n) is 1.66. The Bertz CT molecular complexity index is 626. The number of rotatable bonds is 3. The third-order valence-corrected chi connectivity index (χ3v) is 2.92. The van der Waals surface area contributed by atoms with E-state index in [9.17, 15) is 8.78 Å². The van der Waals surface area contributed by atoms with Crippen molar-refractivity contribution in [3.63, 3.8) is 0 Å². The van der Waals surface area contributed by atoms with Crippen LogP contribution in [0.4, 0.5) is 20.2 Å². The first-order chi connectivity index (χ1) is 8.97. The van der Waals surface area contributed by atoms with Crippen LogP contribution in [0.15, 0.2) is 36.4 Å². The van der Waals surface area contributed by atoms with Crippen LogP contribution in [0.2, 0.25) is 5.02 Å². The van der Waals surface area contributed by atoms with Gasteiger partial charge in [-0.25, -0.2) is 8.78 Å². The van der Waals surface area contributed by atoms with Crippen molar-refractivity contribution in [2.75, 3.05) is 5.32 Å². The van der Waals surface area contributed by atoms with Crippen molar-refractivity contribution < 1.29 is 8.78 Å². The summed E-state index contributed by atoms with van der Waals surface area (Å²) in [6.45, 7) is 0. The van der Waals surface area contributed by atoms with Crippen LogP contribution in [0.3, 0.4) is 0 Å². The van der Waals surface area contributed by atoms with Crippen molar-refractivity contribution in [1.29, 1.82) is 0 Å². The standard InChI is InChI=1S/C13H9ClF2N2S/c14-10-2-1-3-11(12(10)13(17)19)18-9-5-7(15)4-8(16)6-9/h1-6,18H,(H2,17,19). The molecule has 0 atom stereocenters. The Morgan fingerprint density at radius 3 is 2.37 bits per heavy atom. The van der Waals surface area contributed by atoms with Gasteiger partial charge in [-0.3, -0.25) is 0 Å². The maximum Gasteiger partial charge on any atom is 0.128 e. The fourth-order valence-corrected chi connectivity index (χ4v) is 2.21. The molecule has 2 nitrogen and oxygen atoms in total. The Morgan fingerprint density at radius 1 is 1.16 bits per heavy atom. The zero-order chi connectivity index (χ0) is 14.0. The van der Waals surface area contributed by atoms with Gasteiger partial charge in [-0.2, -0.15) is 0 Å². The van der Waals surface area contributed by atoms with E-state index >= 15 is 0 Å². The van der Waals surface area contributed by atoms with Crippen molar-refractivity contribution in [2.24, 2.45) is 5.73 Å². The van der Waals surface area contributed by atoms with Gasteiger partial charge in [-0.15, -0.1) is 0 Å². The molecule has 0 bridgehead atoms. The summed E-state index contributed by atoms with van der Waals surface area (Å²) in [6.07, 6.45) is 0. The van der Waals surface area contributed by atoms with Crippen LogP contribution in [-0.2, 0) is 0 Å². The molecule has 3 N–H and O–H groups in total. The van der Waals surface area contributed by atoms with E-state index in [4.69, 9.17) is 29.6 Å². The molecular formula is C13H9ClF2N2S. The summed E-state index contributed by atoms with van der Waals surface area (Å²) in [6, 6.07) is 8.09. The third-order valence-electron chi connectivity index (χ3n) is 2.40. The van der Waals surface area contributed by atoms with Crippen molar-refractivity contribution in [3.8, 4) is 0 Å². The average Bonchev–Trinajstić information content (AvgIpc) is 2.26. The maximum atomic E-state index is 13.1. The van der Waals surface area contributed by atoms with E-state index in [1.807, 2.05) is 0 Å². The van der Waals surface area contributed by atoms with Gasteiger partial charge in [0, 0.05) is 11.8 Å². The number of halogens is 3. The first kappa shape index (κ1) is 13.7. The first-order valence-corrected chi connectivity index (χ1v) is 6.07. The van der Waals surface area contributed by atoms with Gasteiger partial charge in [0.1, 0.15) is 16.6 Å².